The fourth-order valence-corrected chi connectivity index (χ4v) is 9.80. The smallest absolute Gasteiger partial charge is 0.309 e. The predicted molar refractivity (Wildman–Crippen MR) is 275 cm³/mol. The topological polar surface area (TPSA) is 222 Å². The number of H-pyrrole nitrogens is 1. The Morgan fingerprint density at radius 3 is 1.68 bits per heavy atom. The number of ether oxygens (including phenoxy) is 1. The number of carboxylic acids is 1. The van der Waals surface area contributed by atoms with Crippen LogP contribution < -0.4 is 5.73 Å². The van der Waals surface area contributed by atoms with Crippen LogP contribution in [0, 0.1) is 18.8 Å². The minimum Gasteiger partial charge on any atom is -0.481 e. The van der Waals surface area contributed by atoms with Gasteiger partial charge in [-0.2, -0.15) is 24.3 Å². The summed E-state index contributed by atoms with van der Waals surface area (Å²) in [6, 6.07) is 2.79. The first-order valence-corrected chi connectivity index (χ1v) is 23.8. The average Bonchev–Trinajstić information content (AvgIpc) is 2.95. The zero-order valence-electron chi connectivity index (χ0n) is 50.3. The molecule has 9 aromatic rings. The third-order valence-electron chi connectivity index (χ3n) is 13.4. The van der Waals surface area contributed by atoms with Crippen molar-refractivity contribution < 1.29 is 37.9 Å². The Balaban J connectivity index is 0.000000185. The van der Waals surface area contributed by atoms with Crippen molar-refractivity contribution in [3.8, 4) is 44.8 Å². The molecular weight excluding hydrogens is 907 g/mol. The molecule has 72 heavy (non-hydrogen) atoms. The van der Waals surface area contributed by atoms with Gasteiger partial charge in [0.05, 0.1) is 71.7 Å². The molecule has 0 bridgehead atoms. The van der Waals surface area contributed by atoms with Crippen LogP contribution in [0.25, 0.3) is 67.1 Å². The molecule has 366 valence electrons. The molecule has 0 saturated heterocycles. The Morgan fingerprint density at radius 2 is 1.18 bits per heavy atom. The largest absolute Gasteiger partial charge is 0.481 e. The first kappa shape index (κ1) is 36.8. The number of nitrogens with two attached hydrogens (primary N) is 1. The number of nitrogens with one attached hydrogen (secondary N) is 1. The van der Waals surface area contributed by atoms with Crippen LogP contribution in [0.15, 0.2) is 109 Å². The molecule has 0 aliphatic heterocycles. The quantitative estimate of drug-likeness (QED) is 0.0906. The van der Waals surface area contributed by atoms with Gasteiger partial charge in [0.25, 0.3) is 0 Å². The van der Waals surface area contributed by atoms with Gasteiger partial charge in [0, 0.05) is 63.3 Å². The molecule has 0 atom stereocenters. The molecule has 2 aliphatic rings. The van der Waals surface area contributed by atoms with E-state index >= 15 is 0 Å². The number of nitrogen functional groups attached to an aromatic ring is 1. The monoisotopic (exact) mass is 974 g/mol. The number of ketones is 1. The first-order valence-electron chi connectivity index (χ1n) is 28.8. The lowest BCUT2D eigenvalue weighted by atomic mass is 9.79. The molecule has 11 rings (SSSR count). The first-order chi connectivity index (χ1) is 38.9. The number of pyridine rings is 2. The van der Waals surface area contributed by atoms with Crippen molar-refractivity contribution in [2.45, 2.75) is 103 Å². The SMILES string of the molecule is [2H]c1c([2H])c([2H])c(-c2ccc(-c3cnn4c(N)c(C(C)=O)c(C5CCC(C(=O)O)CC5)nc34)cn2)c([2H])c1[2H].[2H]c1c([2H])c([2H])c(-c2ccc(-c3cnn4c3nc(C3CCC(C(=O)OC(C)(C)C)CC3)c3c(C)[nH]nc34)cn2)c([2H])c1[2H]. The van der Waals surface area contributed by atoms with Gasteiger partial charge in [0.15, 0.2) is 22.7 Å². The lowest BCUT2D eigenvalue weighted by Crippen LogP contribution is -2.30. The zero-order chi connectivity index (χ0) is 59.0. The number of hydrogen-bond acceptors (Lipinski definition) is 12. The number of carbonyl (C=O) groups excluding carboxylic acids is 2. The Bertz CT molecular complexity index is 3990. The van der Waals surface area contributed by atoms with E-state index in [1.807, 2.05) is 27.7 Å². The van der Waals surface area contributed by atoms with Crippen LogP contribution in [0.1, 0.15) is 132 Å². The summed E-state index contributed by atoms with van der Waals surface area (Å²) >= 11 is 0. The number of Topliss-reactive ketones (excluding diaryl/α,β-unsaturated/α-hetero) is 1. The van der Waals surface area contributed by atoms with Crippen LogP contribution in [-0.4, -0.2) is 77.8 Å². The number of rotatable bonds is 9. The standard InChI is InChI=1S/C30H32N6O2.C26H25N5O3/c1-18-25-26(20-10-12-21(13-11-20)29(37)38-30(2,3)4)33-27-23(17-32-36(27)28(25)35-34-18)22-14-15-24(31-16-22)19-8-6-5-7-9-19;1-15(32)22-23(17-7-9-18(10-8-17)26(33)34)30-25-20(14-29-31(25)24(22)27)19-11-12-21(28-13-19)16-5-3-2-4-6-16/h5-9,14-17,20-21H,10-13H2,1-4H3,(H,34,35);2-6,11-14,17-18H,7-10,27H2,1H3,(H,33,34)/i5D,6D,7D,8D,9D;2D,3D,4D,5D,6D. The van der Waals surface area contributed by atoms with Gasteiger partial charge in [-0.25, -0.2) is 9.97 Å². The second-order valence-electron chi connectivity index (χ2n) is 19.3. The van der Waals surface area contributed by atoms with Gasteiger partial charge in [-0.1, -0.05) is 72.6 Å². The molecule has 4 N–H and O–H groups in total. The number of aryl methyl sites for hydroxylation is 1. The second kappa shape index (κ2) is 19.6. The van der Waals surface area contributed by atoms with Crippen molar-refractivity contribution in [1.82, 2.24) is 49.4 Å². The molecule has 0 spiro atoms. The van der Waals surface area contributed by atoms with Crippen molar-refractivity contribution in [3.05, 3.63) is 132 Å². The number of carboxylic acid groups (broad SMARTS) is 1. The summed E-state index contributed by atoms with van der Waals surface area (Å²) in [5, 5.41) is 26.8. The minimum absolute atomic E-state index is 0.000124. The Morgan fingerprint density at radius 1 is 0.681 bits per heavy atom. The molecule has 7 aromatic heterocycles. The van der Waals surface area contributed by atoms with Gasteiger partial charge in [-0.05, 0) is 98.1 Å². The number of aliphatic carboxylic acids is 1. The van der Waals surface area contributed by atoms with E-state index in [1.54, 1.807) is 47.4 Å². The number of benzene rings is 2. The van der Waals surface area contributed by atoms with Crippen LogP contribution in [0.4, 0.5) is 5.82 Å². The van der Waals surface area contributed by atoms with Crippen LogP contribution >= 0.6 is 0 Å². The molecule has 7 heterocycles. The fourth-order valence-electron chi connectivity index (χ4n) is 9.80. The van der Waals surface area contributed by atoms with E-state index in [2.05, 4.69) is 30.4 Å². The van der Waals surface area contributed by atoms with E-state index in [9.17, 15) is 19.5 Å². The molecular formula is C56H57N11O5. The summed E-state index contributed by atoms with van der Waals surface area (Å²) in [4.78, 5) is 55.5. The van der Waals surface area contributed by atoms with E-state index in [0.717, 1.165) is 48.0 Å². The third-order valence-corrected chi connectivity index (χ3v) is 13.4. The Hall–Kier alpha value is -8.14. The van der Waals surface area contributed by atoms with Crippen LogP contribution in [-0.2, 0) is 14.3 Å². The zero-order valence-corrected chi connectivity index (χ0v) is 40.3. The summed E-state index contributed by atoms with van der Waals surface area (Å²) in [6.45, 7) is 9.03. The highest BCUT2D eigenvalue weighted by atomic mass is 16.6. The molecule has 0 amide bonds. The van der Waals surface area contributed by atoms with Crippen LogP contribution in [0.2, 0.25) is 0 Å². The van der Waals surface area contributed by atoms with Crippen molar-refractivity contribution >= 4 is 45.9 Å². The van der Waals surface area contributed by atoms with Crippen LogP contribution in [0.3, 0.4) is 0 Å². The minimum atomic E-state index is -0.819. The van der Waals surface area contributed by atoms with Gasteiger partial charge in [-0.3, -0.25) is 29.5 Å². The normalized spacial score (nSPS) is 20.1. The van der Waals surface area contributed by atoms with E-state index in [0.29, 0.717) is 65.0 Å². The maximum absolute atomic E-state index is 12.7. The summed E-state index contributed by atoms with van der Waals surface area (Å²) in [7, 11) is 0. The fraction of sp³-hybridized carbons (Fsp3) is 0.321. The Labute approximate surface area is 430 Å². The van der Waals surface area contributed by atoms with E-state index < -0.39 is 53.7 Å². The predicted octanol–water partition coefficient (Wildman–Crippen LogP) is 10.9. The highest BCUT2D eigenvalue weighted by Gasteiger charge is 2.34. The maximum atomic E-state index is 12.7. The van der Waals surface area contributed by atoms with Gasteiger partial charge < -0.3 is 15.6 Å². The van der Waals surface area contributed by atoms with E-state index in [-0.39, 0.29) is 87.6 Å². The average molecular weight is 974 g/mol. The highest BCUT2D eigenvalue weighted by Crippen LogP contribution is 2.42. The number of anilines is 1. The number of carbonyl (C=O) groups is 3. The molecule has 2 aliphatic carbocycles. The number of aromatic amines is 1. The maximum Gasteiger partial charge on any atom is 0.309 e. The number of nitrogens with zero attached hydrogens (tertiary/aromatic N) is 9. The van der Waals surface area contributed by atoms with Crippen molar-refractivity contribution in [3.63, 3.8) is 0 Å². The second-order valence-corrected chi connectivity index (χ2v) is 19.3. The number of esters is 1. The molecule has 2 aromatic carbocycles. The number of fused-ring (bicyclic) bond motifs is 4. The highest BCUT2D eigenvalue weighted by molar-refractivity contribution is 6.00. The summed E-state index contributed by atoms with van der Waals surface area (Å²) in [5.41, 5.74) is 13.4. The molecule has 2 saturated carbocycles. The van der Waals surface area contributed by atoms with Gasteiger partial charge in [0.1, 0.15) is 11.4 Å². The lowest BCUT2D eigenvalue weighted by molar-refractivity contribution is -0.161. The molecule has 16 heteroatoms. The Kier molecular flexibility index (Phi) is 9.99. The lowest BCUT2D eigenvalue weighted by Gasteiger charge is -2.30. The third kappa shape index (κ3) is 9.43. The molecule has 2 fully saturated rings. The van der Waals surface area contributed by atoms with Crippen molar-refractivity contribution in [2.75, 3.05) is 5.73 Å². The van der Waals surface area contributed by atoms with Gasteiger partial charge >= 0.3 is 11.9 Å². The van der Waals surface area contributed by atoms with Gasteiger partial charge in [-0.15, -0.1) is 0 Å². The summed E-state index contributed by atoms with van der Waals surface area (Å²) < 4.78 is 89.1. The molecule has 16 nitrogen and oxygen atoms in total. The van der Waals surface area contributed by atoms with Gasteiger partial charge in [0.2, 0.25) is 0 Å². The molecule has 0 unspecified atom stereocenters. The number of hydrogen-bond donors (Lipinski definition) is 3. The molecule has 0 radical (unpaired) electrons. The van der Waals surface area contributed by atoms with Crippen LogP contribution in [0.5, 0.6) is 0 Å². The summed E-state index contributed by atoms with van der Waals surface area (Å²) in [5.74, 6) is -1.59. The van der Waals surface area contributed by atoms with Crippen molar-refractivity contribution in [2.24, 2.45) is 11.8 Å². The van der Waals surface area contributed by atoms with Crippen molar-refractivity contribution in [1.29, 1.82) is 0 Å². The van der Waals surface area contributed by atoms with E-state index in [1.165, 1.54) is 17.6 Å². The van der Waals surface area contributed by atoms with E-state index in [4.69, 9.17) is 34.1 Å². The number of aromatic nitrogens is 10. The summed E-state index contributed by atoms with van der Waals surface area (Å²) in [6.07, 6.45) is 11.5.